The average molecular weight is 656 g/mol. The first-order chi connectivity index (χ1) is 22.2. The van der Waals surface area contributed by atoms with Crippen molar-refractivity contribution in [2.24, 2.45) is 0 Å². The van der Waals surface area contributed by atoms with E-state index in [1.165, 1.54) is 19.2 Å². The number of nitrogens with zero attached hydrogens (tertiary/aromatic N) is 1. The smallest absolute Gasteiger partial charge is 0.337 e. The Morgan fingerprint density at radius 3 is 2.02 bits per heavy atom. The lowest BCUT2D eigenvalue weighted by Crippen LogP contribution is -2.32. The van der Waals surface area contributed by atoms with E-state index < -0.39 is 21.9 Å². The summed E-state index contributed by atoms with van der Waals surface area (Å²) in [4.78, 5) is 14.1. The van der Waals surface area contributed by atoms with Crippen molar-refractivity contribution in [1.82, 2.24) is 4.90 Å². The number of sulfone groups is 1. The maximum absolute atomic E-state index is 13.3. The monoisotopic (exact) mass is 655 g/mol. The predicted molar refractivity (Wildman–Crippen MR) is 179 cm³/mol. The molecule has 1 N–H and O–H groups in total. The van der Waals surface area contributed by atoms with E-state index in [0.29, 0.717) is 42.6 Å². The molecule has 5 aromatic carbocycles. The molecule has 0 aliphatic heterocycles. The number of aliphatic hydroxyl groups excluding tert-OH is 1. The zero-order valence-electron chi connectivity index (χ0n) is 25.3. The van der Waals surface area contributed by atoms with Crippen LogP contribution in [0.15, 0.2) is 137 Å². The summed E-state index contributed by atoms with van der Waals surface area (Å²) in [6.45, 7) is 1.87. The molecule has 1 atom stereocenters. The molecule has 5 aromatic rings. The highest BCUT2D eigenvalue weighted by Gasteiger charge is 2.19. The van der Waals surface area contributed by atoms with E-state index in [2.05, 4.69) is 4.90 Å². The molecule has 7 nitrogen and oxygen atoms in total. The van der Waals surface area contributed by atoms with Gasteiger partial charge in [-0.3, -0.25) is 4.90 Å². The van der Waals surface area contributed by atoms with E-state index in [9.17, 15) is 18.3 Å². The SMILES string of the molecule is COC(=O)c1ccc(-c2ccc(S(=O)(=O)c3ccc(OCCN(Cc4ccccc4)C[C@H](O)c4cccc(Cl)c4)cc3)cc2)cc1. The molecule has 0 fully saturated rings. The zero-order chi connectivity index (χ0) is 32.5. The number of carbonyl (C=O) groups is 1. The third kappa shape index (κ3) is 8.41. The third-order valence-electron chi connectivity index (χ3n) is 7.53. The van der Waals surface area contributed by atoms with Gasteiger partial charge >= 0.3 is 5.97 Å². The molecule has 0 amide bonds. The number of rotatable bonds is 13. The molecule has 0 saturated carbocycles. The molecule has 0 aliphatic carbocycles. The molecule has 0 unspecified atom stereocenters. The van der Waals surface area contributed by atoms with Crippen molar-refractivity contribution < 1.29 is 27.8 Å². The lowest BCUT2D eigenvalue weighted by atomic mass is 10.0. The van der Waals surface area contributed by atoms with Crippen molar-refractivity contribution in [3.05, 3.63) is 149 Å². The number of halogens is 1. The number of ether oxygens (including phenoxy) is 2. The Labute approximate surface area is 274 Å². The van der Waals surface area contributed by atoms with Gasteiger partial charge in [-0.05, 0) is 82.9 Å². The number of hydrogen-bond acceptors (Lipinski definition) is 7. The summed E-state index contributed by atoms with van der Waals surface area (Å²) in [5.41, 5.74) is 3.96. The number of carbonyl (C=O) groups excluding carboxylic acids is 1. The number of aliphatic hydroxyl groups is 1. The predicted octanol–water partition coefficient (Wildman–Crippen LogP) is 7.24. The van der Waals surface area contributed by atoms with E-state index >= 15 is 0 Å². The zero-order valence-corrected chi connectivity index (χ0v) is 26.8. The molecule has 0 aliphatic rings. The first-order valence-corrected chi connectivity index (χ1v) is 16.6. The lowest BCUT2D eigenvalue weighted by molar-refractivity contribution is 0.0600. The largest absolute Gasteiger partial charge is 0.492 e. The second-order valence-electron chi connectivity index (χ2n) is 10.7. The van der Waals surface area contributed by atoms with Crippen molar-refractivity contribution in [2.45, 2.75) is 22.4 Å². The first-order valence-electron chi connectivity index (χ1n) is 14.7. The van der Waals surface area contributed by atoms with Gasteiger partial charge in [-0.15, -0.1) is 0 Å². The van der Waals surface area contributed by atoms with Crippen LogP contribution in [0, 0.1) is 0 Å². The van der Waals surface area contributed by atoms with Crippen LogP contribution in [-0.2, 0) is 21.1 Å². The third-order valence-corrected chi connectivity index (χ3v) is 9.55. The minimum atomic E-state index is -3.75. The fraction of sp³-hybridized carbons (Fsp3) is 0.162. The highest BCUT2D eigenvalue weighted by atomic mass is 35.5. The molecule has 5 rings (SSSR count). The summed E-state index contributed by atoms with van der Waals surface area (Å²) >= 11 is 6.13. The van der Waals surface area contributed by atoms with Gasteiger partial charge in [0.15, 0.2) is 0 Å². The Kier molecular flexibility index (Phi) is 10.9. The Bertz CT molecular complexity index is 1850. The molecular formula is C37H34ClNO6S. The molecule has 46 heavy (non-hydrogen) atoms. The number of esters is 1. The summed E-state index contributed by atoms with van der Waals surface area (Å²) in [7, 11) is -2.42. The van der Waals surface area contributed by atoms with E-state index in [4.69, 9.17) is 21.1 Å². The van der Waals surface area contributed by atoms with Gasteiger partial charge in [0.05, 0.1) is 28.6 Å². The van der Waals surface area contributed by atoms with E-state index in [0.717, 1.165) is 22.3 Å². The van der Waals surface area contributed by atoms with E-state index in [-0.39, 0.29) is 9.79 Å². The molecule has 0 radical (unpaired) electrons. The van der Waals surface area contributed by atoms with Gasteiger partial charge in [-0.25, -0.2) is 13.2 Å². The summed E-state index contributed by atoms with van der Waals surface area (Å²) < 4.78 is 37.4. The Morgan fingerprint density at radius 1 is 0.804 bits per heavy atom. The van der Waals surface area contributed by atoms with Gasteiger partial charge in [0, 0.05) is 24.7 Å². The van der Waals surface area contributed by atoms with Crippen molar-refractivity contribution >= 4 is 27.4 Å². The van der Waals surface area contributed by atoms with Gasteiger partial charge in [0.1, 0.15) is 12.4 Å². The Balaban J connectivity index is 1.21. The van der Waals surface area contributed by atoms with Crippen LogP contribution in [0.2, 0.25) is 5.02 Å². The maximum atomic E-state index is 13.3. The van der Waals surface area contributed by atoms with Crippen LogP contribution >= 0.6 is 11.6 Å². The van der Waals surface area contributed by atoms with E-state index in [1.54, 1.807) is 72.8 Å². The lowest BCUT2D eigenvalue weighted by Gasteiger charge is -2.25. The van der Waals surface area contributed by atoms with E-state index in [1.807, 2.05) is 42.5 Å². The standard InChI is InChI=1S/C37H34ClNO6S/c1-44-37(41)30-12-10-28(11-13-30)29-14-18-34(19-15-29)46(42,43)35-20-16-33(17-21-35)45-23-22-39(25-27-6-3-2-4-7-27)26-36(40)31-8-5-9-32(38)24-31/h2-21,24,36,40H,22-23,25-26H2,1H3/t36-/m0/s1. The minimum absolute atomic E-state index is 0.158. The molecule has 236 valence electrons. The topological polar surface area (TPSA) is 93.1 Å². The first kappa shape index (κ1) is 32.9. The highest BCUT2D eigenvalue weighted by molar-refractivity contribution is 7.91. The van der Waals surface area contributed by atoms with Crippen LogP contribution in [-0.4, -0.2) is 51.2 Å². The number of benzene rings is 5. The normalized spacial score (nSPS) is 12.1. The maximum Gasteiger partial charge on any atom is 0.337 e. The van der Waals surface area contributed by atoms with Gasteiger partial charge in [-0.1, -0.05) is 78.3 Å². The average Bonchev–Trinajstić information content (AvgIpc) is 3.08. The van der Waals surface area contributed by atoms with Gasteiger partial charge in [-0.2, -0.15) is 0 Å². The van der Waals surface area contributed by atoms with Gasteiger partial charge < -0.3 is 14.6 Å². The molecule has 0 bridgehead atoms. The summed E-state index contributed by atoms with van der Waals surface area (Å²) in [5.74, 6) is 0.124. The van der Waals surface area contributed by atoms with Crippen LogP contribution in [0.5, 0.6) is 5.75 Å². The fourth-order valence-electron chi connectivity index (χ4n) is 5.03. The van der Waals surface area contributed by atoms with Crippen LogP contribution in [0.1, 0.15) is 27.6 Å². The van der Waals surface area contributed by atoms with Gasteiger partial charge in [0.2, 0.25) is 9.84 Å². The second kappa shape index (κ2) is 15.2. The Morgan fingerprint density at radius 2 is 1.41 bits per heavy atom. The van der Waals surface area contributed by atoms with Crippen molar-refractivity contribution in [2.75, 3.05) is 26.8 Å². The van der Waals surface area contributed by atoms with Crippen LogP contribution in [0.4, 0.5) is 0 Å². The second-order valence-corrected chi connectivity index (χ2v) is 13.1. The summed E-state index contributed by atoms with van der Waals surface area (Å²) in [6, 6.07) is 37.1. The van der Waals surface area contributed by atoms with Crippen molar-refractivity contribution in [3.63, 3.8) is 0 Å². The van der Waals surface area contributed by atoms with Crippen LogP contribution in [0.25, 0.3) is 11.1 Å². The highest BCUT2D eigenvalue weighted by Crippen LogP contribution is 2.27. The molecule has 9 heteroatoms. The van der Waals surface area contributed by atoms with Crippen molar-refractivity contribution in [1.29, 1.82) is 0 Å². The number of hydrogen-bond donors (Lipinski definition) is 1. The molecule has 0 saturated heterocycles. The van der Waals surface area contributed by atoms with Crippen LogP contribution < -0.4 is 4.74 Å². The Hall–Kier alpha value is -4.47. The van der Waals surface area contributed by atoms with Crippen LogP contribution in [0.3, 0.4) is 0 Å². The minimum Gasteiger partial charge on any atom is -0.492 e. The quantitative estimate of drug-likeness (QED) is 0.134. The summed E-state index contributed by atoms with van der Waals surface area (Å²) in [5, 5.41) is 11.5. The molecule has 0 aromatic heterocycles. The molecular weight excluding hydrogens is 622 g/mol. The fourth-order valence-corrected chi connectivity index (χ4v) is 6.49. The molecule has 0 spiro atoms. The molecule has 0 heterocycles. The van der Waals surface area contributed by atoms with Gasteiger partial charge in [0.25, 0.3) is 0 Å². The van der Waals surface area contributed by atoms with Crippen molar-refractivity contribution in [3.8, 4) is 16.9 Å². The summed E-state index contributed by atoms with van der Waals surface area (Å²) in [6.07, 6.45) is -0.729. The number of methoxy groups -OCH3 is 1.